The van der Waals surface area contributed by atoms with E-state index in [0.717, 1.165) is 19.6 Å². The summed E-state index contributed by atoms with van der Waals surface area (Å²) in [5.74, 6) is 0.497. The van der Waals surface area contributed by atoms with Crippen LogP contribution in [-0.2, 0) is 0 Å². The summed E-state index contributed by atoms with van der Waals surface area (Å²) in [5, 5.41) is 13.2. The summed E-state index contributed by atoms with van der Waals surface area (Å²) in [4.78, 5) is 24.0. The highest BCUT2D eigenvalue weighted by Gasteiger charge is 2.22. The molecule has 1 fully saturated rings. The van der Waals surface area contributed by atoms with Crippen LogP contribution in [0.25, 0.3) is 0 Å². The highest BCUT2D eigenvalue weighted by atomic mass is 16.6. The molecule has 2 heterocycles. The summed E-state index contributed by atoms with van der Waals surface area (Å²) in [6, 6.07) is 2.50. The first kappa shape index (κ1) is 15.5. The van der Waals surface area contributed by atoms with E-state index < -0.39 is 16.7 Å². The zero-order valence-electron chi connectivity index (χ0n) is 12.4. The maximum atomic E-state index is 11.8. The Kier molecular flexibility index (Phi) is 4.95. The molecule has 1 aromatic heterocycles. The third-order valence-electron chi connectivity index (χ3n) is 3.65. The molecule has 21 heavy (non-hydrogen) atoms. The van der Waals surface area contributed by atoms with Gasteiger partial charge in [-0.2, -0.15) is 0 Å². The molecule has 7 heteroatoms. The number of carbonyl (C=O) groups is 1. The van der Waals surface area contributed by atoms with E-state index in [2.05, 4.69) is 24.1 Å². The van der Waals surface area contributed by atoms with Gasteiger partial charge in [0.2, 0.25) is 0 Å². The van der Waals surface area contributed by atoms with Gasteiger partial charge < -0.3 is 14.6 Å². The number of rotatable bonds is 5. The minimum absolute atomic E-state index is 0.0259. The largest absolute Gasteiger partial charge is 0.433 e. The number of piperidine rings is 1. The fourth-order valence-electron chi connectivity index (χ4n) is 2.94. The topological polar surface area (TPSA) is 88.6 Å². The van der Waals surface area contributed by atoms with Crippen LogP contribution in [0.2, 0.25) is 0 Å². The second-order valence-corrected chi connectivity index (χ2v) is 5.86. The fraction of sp³-hybridized carbons (Fsp3) is 0.643. The molecule has 1 aromatic rings. The number of nitrogens with one attached hydrogen (secondary N) is 1. The third-order valence-corrected chi connectivity index (χ3v) is 3.65. The SMILES string of the molecule is CC1CC(C)CN(CCNC(=O)c2ccc([N+](=O)[O-])o2)C1. The molecule has 0 spiro atoms. The van der Waals surface area contributed by atoms with Crippen LogP contribution in [0, 0.1) is 22.0 Å². The smallest absolute Gasteiger partial charge is 0.395 e. The monoisotopic (exact) mass is 295 g/mol. The number of hydrogen-bond donors (Lipinski definition) is 1. The van der Waals surface area contributed by atoms with Gasteiger partial charge in [0.05, 0.1) is 6.07 Å². The average Bonchev–Trinajstić information content (AvgIpc) is 2.87. The number of nitro groups is 1. The molecule has 0 aliphatic carbocycles. The molecule has 1 N–H and O–H groups in total. The standard InChI is InChI=1S/C14H21N3O4/c1-10-7-11(2)9-16(8-10)6-5-15-14(18)12-3-4-13(21-12)17(19)20/h3-4,10-11H,5-9H2,1-2H3,(H,15,18). The Balaban J connectivity index is 1.77. The van der Waals surface area contributed by atoms with Crippen LogP contribution in [0.3, 0.4) is 0 Å². The van der Waals surface area contributed by atoms with Gasteiger partial charge in [-0.05, 0) is 24.3 Å². The fourth-order valence-corrected chi connectivity index (χ4v) is 2.94. The van der Waals surface area contributed by atoms with Gasteiger partial charge in [0.25, 0.3) is 5.91 Å². The molecular weight excluding hydrogens is 274 g/mol. The quantitative estimate of drug-likeness (QED) is 0.662. The molecule has 1 aliphatic rings. The van der Waals surface area contributed by atoms with Crippen LogP contribution in [0.5, 0.6) is 0 Å². The maximum absolute atomic E-state index is 11.8. The summed E-state index contributed by atoms with van der Waals surface area (Å²) in [6.45, 7) is 7.86. The van der Waals surface area contributed by atoms with Crippen molar-refractivity contribution in [3.05, 3.63) is 28.0 Å². The number of carbonyl (C=O) groups excluding carboxylic acids is 1. The van der Waals surface area contributed by atoms with Crippen molar-refractivity contribution in [1.29, 1.82) is 0 Å². The molecule has 2 rings (SSSR count). The second kappa shape index (κ2) is 6.71. The maximum Gasteiger partial charge on any atom is 0.433 e. The van der Waals surface area contributed by atoms with Crippen molar-refractivity contribution in [2.75, 3.05) is 26.2 Å². The van der Waals surface area contributed by atoms with Crippen molar-refractivity contribution in [1.82, 2.24) is 10.2 Å². The Bertz CT molecular complexity index is 504. The van der Waals surface area contributed by atoms with Crippen molar-refractivity contribution >= 4 is 11.8 Å². The van der Waals surface area contributed by atoms with Crippen molar-refractivity contribution in [3.8, 4) is 0 Å². The zero-order chi connectivity index (χ0) is 15.4. The van der Waals surface area contributed by atoms with Crippen LogP contribution in [0.1, 0.15) is 30.8 Å². The number of nitrogens with zero attached hydrogens (tertiary/aromatic N) is 2. The summed E-state index contributed by atoms with van der Waals surface area (Å²) in [6.07, 6.45) is 1.25. The summed E-state index contributed by atoms with van der Waals surface area (Å²) in [7, 11) is 0. The lowest BCUT2D eigenvalue weighted by Crippen LogP contribution is -2.42. The van der Waals surface area contributed by atoms with Crippen LogP contribution in [0.4, 0.5) is 5.88 Å². The first-order valence-electron chi connectivity index (χ1n) is 7.20. The number of hydrogen-bond acceptors (Lipinski definition) is 5. The van der Waals surface area contributed by atoms with Gasteiger partial charge in [-0.1, -0.05) is 13.8 Å². The normalized spacial score (nSPS) is 23.0. The predicted octanol–water partition coefficient (Wildman–Crippen LogP) is 1.90. The third kappa shape index (κ3) is 4.29. The minimum Gasteiger partial charge on any atom is -0.395 e. The van der Waals surface area contributed by atoms with E-state index in [9.17, 15) is 14.9 Å². The first-order valence-corrected chi connectivity index (χ1v) is 7.20. The van der Waals surface area contributed by atoms with E-state index in [0.29, 0.717) is 18.4 Å². The van der Waals surface area contributed by atoms with Crippen LogP contribution in [0.15, 0.2) is 16.5 Å². The molecule has 0 aromatic carbocycles. The lowest BCUT2D eigenvalue weighted by Gasteiger charge is -2.34. The first-order chi connectivity index (χ1) is 9.95. The van der Waals surface area contributed by atoms with Crippen molar-refractivity contribution in [3.63, 3.8) is 0 Å². The molecule has 0 saturated carbocycles. The molecule has 7 nitrogen and oxygen atoms in total. The Morgan fingerprint density at radius 3 is 2.67 bits per heavy atom. The highest BCUT2D eigenvalue weighted by molar-refractivity contribution is 5.91. The number of likely N-dealkylation sites (tertiary alicyclic amines) is 1. The van der Waals surface area contributed by atoms with Gasteiger partial charge in [-0.15, -0.1) is 0 Å². The average molecular weight is 295 g/mol. The second-order valence-electron chi connectivity index (χ2n) is 5.86. The molecule has 0 bridgehead atoms. The Morgan fingerprint density at radius 2 is 2.10 bits per heavy atom. The molecule has 1 amide bonds. The zero-order valence-corrected chi connectivity index (χ0v) is 12.4. The van der Waals surface area contributed by atoms with E-state index in [4.69, 9.17) is 4.42 Å². The van der Waals surface area contributed by atoms with Gasteiger partial charge in [0.15, 0.2) is 5.76 Å². The molecule has 2 unspecified atom stereocenters. The molecule has 116 valence electrons. The Labute approximate surface area is 123 Å². The molecule has 0 radical (unpaired) electrons. The molecule has 1 aliphatic heterocycles. The number of furan rings is 1. The van der Waals surface area contributed by atoms with Crippen molar-refractivity contribution in [2.24, 2.45) is 11.8 Å². The Hall–Kier alpha value is -1.89. The van der Waals surface area contributed by atoms with Crippen molar-refractivity contribution < 1.29 is 14.1 Å². The van der Waals surface area contributed by atoms with Gasteiger partial charge in [0, 0.05) is 26.2 Å². The van der Waals surface area contributed by atoms with E-state index in [-0.39, 0.29) is 5.76 Å². The van der Waals surface area contributed by atoms with E-state index in [1.807, 2.05) is 0 Å². The summed E-state index contributed by atoms with van der Waals surface area (Å²) in [5.41, 5.74) is 0. The van der Waals surface area contributed by atoms with Gasteiger partial charge in [-0.3, -0.25) is 14.9 Å². The summed E-state index contributed by atoms with van der Waals surface area (Å²) >= 11 is 0. The molecule has 1 saturated heterocycles. The van der Waals surface area contributed by atoms with E-state index in [1.165, 1.54) is 18.6 Å². The van der Waals surface area contributed by atoms with E-state index >= 15 is 0 Å². The highest BCUT2D eigenvalue weighted by Crippen LogP contribution is 2.20. The lowest BCUT2D eigenvalue weighted by atomic mass is 9.92. The molecular formula is C14H21N3O4. The number of amides is 1. The van der Waals surface area contributed by atoms with Gasteiger partial charge in [0.1, 0.15) is 4.92 Å². The van der Waals surface area contributed by atoms with E-state index in [1.54, 1.807) is 0 Å². The Morgan fingerprint density at radius 1 is 1.43 bits per heavy atom. The predicted molar refractivity (Wildman–Crippen MR) is 77.1 cm³/mol. The van der Waals surface area contributed by atoms with Gasteiger partial charge in [-0.25, -0.2) is 0 Å². The van der Waals surface area contributed by atoms with Crippen LogP contribution < -0.4 is 5.32 Å². The lowest BCUT2D eigenvalue weighted by molar-refractivity contribution is -0.402. The van der Waals surface area contributed by atoms with Crippen LogP contribution in [-0.4, -0.2) is 41.9 Å². The van der Waals surface area contributed by atoms with Gasteiger partial charge >= 0.3 is 5.88 Å². The minimum atomic E-state index is -0.659. The molecule has 2 atom stereocenters. The van der Waals surface area contributed by atoms with Crippen LogP contribution >= 0.6 is 0 Å². The van der Waals surface area contributed by atoms with Crippen molar-refractivity contribution in [2.45, 2.75) is 20.3 Å². The summed E-state index contributed by atoms with van der Waals surface area (Å²) < 4.78 is 4.86.